The van der Waals surface area contributed by atoms with Crippen molar-refractivity contribution in [3.63, 3.8) is 0 Å². The molecule has 212 valence electrons. The zero-order valence-corrected chi connectivity index (χ0v) is 16.8. The van der Waals surface area contributed by atoms with Gasteiger partial charge in [0.2, 0.25) is 0 Å². The van der Waals surface area contributed by atoms with Crippen LogP contribution in [0.2, 0.25) is 0 Å². The quantitative estimate of drug-likeness (QED) is 0.176. The number of amides is 1. The van der Waals surface area contributed by atoms with E-state index in [-0.39, 0.29) is 12.8 Å². The lowest BCUT2D eigenvalue weighted by molar-refractivity contribution is -0.550. The number of halogens is 16. The molecule has 0 aromatic heterocycles. The molecule has 0 aromatic rings. The zero-order valence-electron chi connectivity index (χ0n) is 16.8. The molecular weight excluding hydrogens is 560 g/mol. The zero-order chi connectivity index (χ0) is 29.0. The molecule has 1 rings (SSSR count). The summed E-state index contributed by atoms with van der Waals surface area (Å²) in [5, 5.41) is 4.67. The number of piperidine rings is 1. The molecule has 1 amide bonds. The number of aliphatic carboxylic acids is 1. The van der Waals surface area contributed by atoms with Crippen LogP contribution in [0.4, 0.5) is 70.3 Å². The van der Waals surface area contributed by atoms with E-state index in [9.17, 15) is 79.9 Å². The largest absolute Gasteiger partial charge is 0.481 e. The smallest absolute Gasteiger partial charge is 0.443 e. The van der Waals surface area contributed by atoms with E-state index in [1.807, 2.05) is 0 Å². The van der Waals surface area contributed by atoms with E-state index in [2.05, 4.69) is 0 Å². The predicted octanol–water partition coefficient (Wildman–Crippen LogP) is 5.02. The first-order valence-electron chi connectivity index (χ1n) is 9.04. The maximum atomic E-state index is 14.8. The third-order valence-electron chi connectivity index (χ3n) is 5.02. The summed E-state index contributed by atoms with van der Waals surface area (Å²) < 4.78 is 220. The normalized spacial score (nSPS) is 28.6. The summed E-state index contributed by atoms with van der Waals surface area (Å²) in [4.78, 5) is 21.6. The standard InChI is InChI=1S/C15H12F16N2O3/c16-8(17,7(36)32-5-3-1-2-4-6(34)35)10(19,20)9(18)11(21,22)12(23,24)15(29,30)33(31)13(9,25)14(26,27)28/h1-5H2,(H,32,36)(H,34,35). The van der Waals surface area contributed by atoms with Crippen molar-refractivity contribution in [3.05, 3.63) is 0 Å². The molecule has 1 aliphatic rings. The minimum atomic E-state index is -8.59. The fraction of sp³-hybridized carbons (Fsp3) is 0.867. The van der Waals surface area contributed by atoms with E-state index in [1.165, 1.54) is 0 Å². The Hall–Kier alpha value is -2.22. The van der Waals surface area contributed by atoms with Crippen LogP contribution in [0.25, 0.3) is 0 Å². The fourth-order valence-electron chi connectivity index (χ4n) is 3.03. The lowest BCUT2D eigenvalue weighted by atomic mass is 9.71. The average Bonchev–Trinajstić information content (AvgIpc) is 2.71. The molecule has 0 saturated carbocycles. The summed E-state index contributed by atoms with van der Waals surface area (Å²) in [6.45, 7) is -1.21. The van der Waals surface area contributed by atoms with Gasteiger partial charge in [0.15, 0.2) is 0 Å². The highest BCUT2D eigenvalue weighted by Gasteiger charge is 3.05. The van der Waals surface area contributed by atoms with E-state index in [0.717, 1.165) is 5.32 Å². The van der Waals surface area contributed by atoms with Crippen LogP contribution in [0.15, 0.2) is 0 Å². The van der Waals surface area contributed by atoms with Crippen LogP contribution in [0.3, 0.4) is 0 Å². The van der Waals surface area contributed by atoms with Crippen molar-refractivity contribution in [1.82, 2.24) is 10.4 Å². The van der Waals surface area contributed by atoms with Crippen molar-refractivity contribution in [3.8, 4) is 0 Å². The van der Waals surface area contributed by atoms with Crippen molar-refractivity contribution in [2.75, 3.05) is 6.54 Å². The van der Waals surface area contributed by atoms with Crippen molar-refractivity contribution >= 4 is 11.9 Å². The second kappa shape index (κ2) is 8.96. The molecule has 5 nitrogen and oxygen atoms in total. The van der Waals surface area contributed by atoms with Gasteiger partial charge in [-0.2, -0.15) is 57.1 Å². The van der Waals surface area contributed by atoms with Gasteiger partial charge >= 0.3 is 53.3 Å². The average molecular weight is 572 g/mol. The van der Waals surface area contributed by atoms with Gasteiger partial charge in [-0.25, -0.2) is 8.78 Å². The first kappa shape index (κ1) is 31.8. The maximum Gasteiger partial charge on any atom is 0.443 e. The number of nitrogens with one attached hydrogen (secondary N) is 1. The van der Waals surface area contributed by atoms with Gasteiger partial charge in [0.1, 0.15) is 0 Å². The number of hydrogen-bond acceptors (Lipinski definition) is 3. The molecule has 0 radical (unpaired) electrons. The fourth-order valence-corrected chi connectivity index (χ4v) is 3.03. The number of carbonyl (C=O) groups excluding carboxylic acids is 1. The molecular formula is C15H12F16N2O3. The molecule has 1 aliphatic heterocycles. The van der Waals surface area contributed by atoms with Crippen LogP contribution < -0.4 is 5.32 Å². The molecule has 1 fully saturated rings. The molecule has 2 atom stereocenters. The number of carboxylic acid groups (broad SMARTS) is 1. The Labute approximate surface area is 188 Å². The summed E-state index contributed by atoms with van der Waals surface area (Å²) in [7, 11) is 0. The molecule has 0 spiro atoms. The van der Waals surface area contributed by atoms with Gasteiger partial charge in [0.05, 0.1) is 0 Å². The SMILES string of the molecule is O=C(O)CCCCCNC(=O)C(F)(F)C(F)(F)C1(F)C(F)(F)C(F)(F)C(F)(F)N(F)C1(F)C(F)(F)F. The van der Waals surface area contributed by atoms with Gasteiger partial charge in [-0.05, 0) is 18.0 Å². The summed E-state index contributed by atoms with van der Waals surface area (Å²) in [6.07, 6.45) is -9.66. The molecule has 0 aliphatic carbocycles. The lowest BCUT2D eigenvalue weighted by Crippen LogP contribution is -2.91. The third-order valence-corrected chi connectivity index (χ3v) is 5.02. The number of hydrogen-bond donors (Lipinski definition) is 2. The summed E-state index contributed by atoms with van der Waals surface area (Å²) in [6, 6.07) is -7.74. The van der Waals surface area contributed by atoms with Crippen LogP contribution >= 0.6 is 0 Å². The van der Waals surface area contributed by atoms with Gasteiger partial charge in [-0.15, -0.1) is 4.48 Å². The molecule has 1 heterocycles. The molecule has 21 heteroatoms. The third kappa shape index (κ3) is 3.91. The summed E-state index contributed by atoms with van der Waals surface area (Å²) >= 11 is 0. The predicted molar refractivity (Wildman–Crippen MR) is 80.5 cm³/mol. The van der Waals surface area contributed by atoms with Crippen LogP contribution in [0, 0.1) is 0 Å². The van der Waals surface area contributed by atoms with Gasteiger partial charge in [-0.1, -0.05) is 6.42 Å². The molecule has 2 unspecified atom stereocenters. The van der Waals surface area contributed by atoms with Gasteiger partial charge in [0.25, 0.3) is 5.91 Å². The van der Waals surface area contributed by atoms with E-state index in [1.54, 1.807) is 0 Å². The lowest BCUT2D eigenvalue weighted by Gasteiger charge is -2.56. The Morgan fingerprint density at radius 1 is 0.778 bits per heavy atom. The molecule has 1 saturated heterocycles. The van der Waals surface area contributed by atoms with Gasteiger partial charge in [0, 0.05) is 13.0 Å². The Bertz CT molecular complexity index is 862. The molecule has 2 N–H and O–H groups in total. The van der Waals surface area contributed by atoms with Crippen LogP contribution in [0.1, 0.15) is 25.7 Å². The number of nitrogens with zero attached hydrogens (tertiary/aromatic N) is 1. The highest BCUT2D eigenvalue weighted by molar-refractivity contribution is 5.85. The minimum Gasteiger partial charge on any atom is -0.481 e. The first-order valence-corrected chi connectivity index (χ1v) is 9.04. The van der Waals surface area contributed by atoms with Crippen LogP contribution in [-0.2, 0) is 9.59 Å². The van der Waals surface area contributed by atoms with Crippen molar-refractivity contribution in [1.29, 1.82) is 0 Å². The number of unbranched alkanes of at least 4 members (excludes halogenated alkanes) is 2. The first-order chi connectivity index (χ1) is 15.7. The van der Waals surface area contributed by atoms with E-state index in [0.29, 0.717) is 0 Å². The molecule has 36 heavy (non-hydrogen) atoms. The summed E-state index contributed by atoms with van der Waals surface area (Å²) in [5.74, 6) is -45.4. The van der Waals surface area contributed by atoms with Crippen molar-refractivity contribution < 1.29 is 85.0 Å². The number of carbonyl (C=O) groups is 2. The monoisotopic (exact) mass is 572 g/mol. The Kier molecular flexibility index (Phi) is 7.92. The number of carboxylic acids is 1. The molecule has 0 aromatic carbocycles. The maximum absolute atomic E-state index is 14.8. The Morgan fingerprint density at radius 3 is 1.67 bits per heavy atom. The van der Waals surface area contributed by atoms with Crippen molar-refractivity contribution in [2.45, 2.75) is 73.1 Å². The number of alkyl halides is 15. The Balaban J connectivity index is 3.61. The van der Waals surface area contributed by atoms with E-state index >= 15 is 0 Å². The highest BCUT2D eigenvalue weighted by Crippen LogP contribution is 2.71. The van der Waals surface area contributed by atoms with Gasteiger partial charge < -0.3 is 10.4 Å². The second-order valence-corrected chi connectivity index (χ2v) is 7.36. The van der Waals surface area contributed by atoms with Crippen molar-refractivity contribution in [2.24, 2.45) is 0 Å². The van der Waals surface area contributed by atoms with Crippen LogP contribution in [0.5, 0.6) is 0 Å². The highest BCUT2D eigenvalue weighted by atomic mass is 19.4. The topological polar surface area (TPSA) is 69.6 Å². The van der Waals surface area contributed by atoms with E-state index in [4.69, 9.17) is 5.11 Å². The Morgan fingerprint density at radius 2 is 1.25 bits per heavy atom. The van der Waals surface area contributed by atoms with E-state index < -0.39 is 83.8 Å². The number of rotatable bonds is 9. The van der Waals surface area contributed by atoms with Crippen LogP contribution in [-0.4, -0.2) is 76.0 Å². The minimum absolute atomic E-state index is 0.219. The second-order valence-electron chi connectivity index (χ2n) is 7.36. The summed E-state index contributed by atoms with van der Waals surface area (Å²) in [5.41, 5.74) is -8.59. The van der Waals surface area contributed by atoms with Gasteiger partial charge in [-0.3, -0.25) is 9.59 Å². The molecule has 0 bridgehead atoms.